The number of nitrogens with zero attached hydrogens (tertiary/aromatic N) is 3. The zero-order valence-electron chi connectivity index (χ0n) is 20.3. The lowest BCUT2D eigenvalue weighted by molar-refractivity contribution is -0.153. The van der Waals surface area contributed by atoms with E-state index in [1.807, 2.05) is 48.5 Å². The molecule has 186 valence electrons. The Labute approximate surface area is 214 Å². The van der Waals surface area contributed by atoms with Crippen LogP contribution in [0.1, 0.15) is 11.1 Å². The molecule has 0 aromatic heterocycles. The minimum absolute atomic E-state index is 0.0358. The minimum atomic E-state index is -0.589. The predicted octanol–water partition coefficient (Wildman–Crippen LogP) is 3.22. The number of hydrazine groups is 1. The molecular weight excluding hydrogens is 466 g/mol. The van der Waals surface area contributed by atoms with Crippen molar-refractivity contribution in [1.29, 1.82) is 0 Å². The standard InChI is InChI=1S/C29H27N5O3/c35-26-19-33-27(15-30-26)34(31-16-28(33)36)29(37)32(17-22-11-5-9-20-7-1-3-13-24(20)22)18-23-12-6-10-21-8-2-4-14-25(21)23/h1-14,27,31H,15-19H2,(H,30,35). The van der Waals surface area contributed by atoms with Crippen molar-refractivity contribution in [2.75, 3.05) is 19.6 Å². The largest absolute Gasteiger partial charge is 0.351 e. The normalized spacial score (nSPS) is 17.6. The van der Waals surface area contributed by atoms with Gasteiger partial charge in [-0.2, -0.15) is 0 Å². The van der Waals surface area contributed by atoms with Gasteiger partial charge in [0.2, 0.25) is 11.8 Å². The molecule has 0 aliphatic carbocycles. The maximum absolute atomic E-state index is 14.2. The molecule has 0 spiro atoms. The molecule has 2 N–H and O–H groups in total. The number of urea groups is 1. The number of nitrogens with one attached hydrogen (secondary N) is 2. The highest BCUT2D eigenvalue weighted by Crippen LogP contribution is 2.25. The maximum Gasteiger partial charge on any atom is 0.336 e. The van der Waals surface area contributed by atoms with Gasteiger partial charge in [0.05, 0.1) is 13.1 Å². The van der Waals surface area contributed by atoms with Crippen LogP contribution in [0.25, 0.3) is 21.5 Å². The average molecular weight is 494 g/mol. The maximum atomic E-state index is 14.2. The molecule has 0 bridgehead atoms. The lowest BCUT2D eigenvalue weighted by atomic mass is 10.0. The summed E-state index contributed by atoms with van der Waals surface area (Å²) in [6.45, 7) is 0.858. The first kappa shape index (κ1) is 23.0. The van der Waals surface area contributed by atoms with Crippen LogP contribution in [0.3, 0.4) is 0 Å². The second kappa shape index (κ2) is 9.55. The van der Waals surface area contributed by atoms with Gasteiger partial charge in [-0.05, 0) is 32.7 Å². The molecule has 6 rings (SSSR count). The Morgan fingerprint density at radius 1 is 0.811 bits per heavy atom. The van der Waals surface area contributed by atoms with Crippen molar-refractivity contribution in [2.24, 2.45) is 0 Å². The summed E-state index contributed by atoms with van der Waals surface area (Å²) in [5, 5.41) is 8.69. The van der Waals surface area contributed by atoms with E-state index in [1.54, 1.807) is 4.90 Å². The molecule has 0 radical (unpaired) electrons. The SMILES string of the molecule is O=C1CN2C(=O)CNN(C(=O)N(Cc3cccc4ccccc34)Cc3cccc4ccccc34)C2CN1. The summed E-state index contributed by atoms with van der Waals surface area (Å²) >= 11 is 0. The van der Waals surface area contributed by atoms with Crippen LogP contribution in [0.4, 0.5) is 4.79 Å². The van der Waals surface area contributed by atoms with E-state index < -0.39 is 6.17 Å². The molecule has 37 heavy (non-hydrogen) atoms. The summed E-state index contributed by atoms with van der Waals surface area (Å²) in [5.41, 5.74) is 5.08. The van der Waals surface area contributed by atoms with Gasteiger partial charge < -0.3 is 15.1 Å². The van der Waals surface area contributed by atoms with E-state index in [-0.39, 0.29) is 37.5 Å². The van der Waals surface area contributed by atoms with Crippen molar-refractivity contribution in [1.82, 2.24) is 25.6 Å². The van der Waals surface area contributed by atoms with E-state index in [0.29, 0.717) is 13.1 Å². The fourth-order valence-electron chi connectivity index (χ4n) is 5.29. The Kier molecular flexibility index (Phi) is 5.94. The summed E-state index contributed by atoms with van der Waals surface area (Å²) in [6.07, 6.45) is -0.589. The third-order valence-corrected chi connectivity index (χ3v) is 7.13. The van der Waals surface area contributed by atoms with E-state index in [2.05, 4.69) is 47.1 Å². The number of amides is 4. The first-order valence-corrected chi connectivity index (χ1v) is 12.4. The Morgan fingerprint density at radius 2 is 1.38 bits per heavy atom. The number of benzene rings is 4. The number of hydrogen-bond acceptors (Lipinski definition) is 4. The molecule has 4 aromatic carbocycles. The van der Waals surface area contributed by atoms with Gasteiger partial charge in [0, 0.05) is 13.1 Å². The molecule has 8 heteroatoms. The highest BCUT2D eigenvalue weighted by Gasteiger charge is 2.41. The van der Waals surface area contributed by atoms with E-state index >= 15 is 0 Å². The molecule has 2 aliphatic heterocycles. The summed E-state index contributed by atoms with van der Waals surface area (Å²) in [6, 6.07) is 28.3. The predicted molar refractivity (Wildman–Crippen MR) is 141 cm³/mol. The van der Waals surface area contributed by atoms with Gasteiger partial charge in [0.15, 0.2) is 0 Å². The van der Waals surface area contributed by atoms with Gasteiger partial charge in [0.25, 0.3) is 0 Å². The summed E-state index contributed by atoms with van der Waals surface area (Å²) in [4.78, 5) is 41.9. The number of carbonyl (C=O) groups excluding carboxylic acids is 3. The number of rotatable bonds is 4. The third-order valence-electron chi connectivity index (χ3n) is 7.13. The van der Waals surface area contributed by atoms with Crippen LogP contribution in [-0.2, 0) is 22.7 Å². The molecule has 2 aliphatic rings. The molecule has 4 aromatic rings. The van der Waals surface area contributed by atoms with Gasteiger partial charge in [-0.1, -0.05) is 84.9 Å². The molecular formula is C29H27N5O3. The van der Waals surface area contributed by atoms with Crippen molar-refractivity contribution < 1.29 is 14.4 Å². The fraction of sp³-hybridized carbons (Fsp3) is 0.207. The Balaban J connectivity index is 1.38. The molecule has 1 unspecified atom stereocenters. The van der Waals surface area contributed by atoms with Gasteiger partial charge in [0.1, 0.15) is 12.7 Å². The Bertz CT molecular complexity index is 1430. The molecule has 2 heterocycles. The highest BCUT2D eigenvalue weighted by molar-refractivity contribution is 5.90. The molecule has 0 saturated carbocycles. The van der Waals surface area contributed by atoms with Gasteiger partial charge in [-0.25, -0.2) is 15.2 Å². The van der Waals surface area contributed by atoms with Crippen LogP contribution in [-0.4, -0.2) is 58.5 Å². The van der Waals surface area contributed by atoms with Crippen molar-refractivity contribution in [3.8, 4) is 0 Å². The quantitative estimate of drug-likeness (QED) is 0.457. The zero-order valence-corrected chi connectivity index (χ0v) is 20.3. The third kappa shape index (κ3) is 4.36. The lowest BCUT2D eigenvalue weighted by Gasteiger charge is -2.46. The number of fused-ring (bicyclic) bond motifs is 3. The van der Waals surface area contributed by atoms with Crippen LogP contribution in [0.2, 0.25) is 0 Å². The van der Waals surface area contributed by atoms with E-state index in [0.717, 1.165) is 32.7 Å². The Morgan fingerprint density at radius 3 is 2.00 bits per heavy atom. The van der Waals surface area contributed by atoms with E-state index in [4.69, 9.17) is 0 Å². The first-order chi connectivity index (χ1) is 18.1. The number of piperazine rings is 1. The molecule has 2 saturated heterocycles. The van der Waals surface area contributed by atoms with Crippen LogP contribution in [0, 0.1) is 0 Å². The minimum Gasteiger partial charge on any atom is -0.351 e. The van der Waals surface area contributed by atoms with Gasteiger partial charge >= 0.3 is 6.03 Å². The van der Waals surface area contributed by atoms with E-state index in [1.165, 1.54) is 9.91 Å². The Hall–Kier alpha value is -4.43. The second-order valence-corrected chi connectivity index (χ2v) is 9.43. The first-order valence-electron chi connectivity index (χ1n) is 12.4. The highest BCUT2D eigenvalue weighted by atomic mass is 16.2. The van der Waals surface area contributed by atoms with Gasteiger partial charge in [-0.3, -0.25) is 9.59 Å². The average Bonchev–Trinajstić information content (AvgIpc) is 2.93. The summed E-state index contributed by atoms with van der Waals surface area (Å²) < 4.78 is 0. The second-order valence-electron chi connectivity index (χ2n) is 9.43. The smallest absolute Gasteiger partial charge is 0.336 e. The molecule has 4 amide bonds. The lowest BCUT2D eigenvalue weighted by Crippen LogP contribution is -2.73. The monoisotopic (exact) mass is 493 g/mol. The van der Waals surface area contributed by atoms with Crippen molar-refractivity contribution in [3.63, 3.8) is 0 Å². The van der Waals surface area contributed by atoms with Crippen molar-refractivity contribution in [3.05, 3.63) is 96.1 Å². The number of carbonyl (C=O) groups is 3. The van der Waals surface area contributed by atoms with Crippen molar-refractivity contribution >= 4 is 39.4 Å². The zero-order chi connectivity index (χ0) is 25.4. The summed E-state index contributed by atoms with van der Waals surface area (Å²) in [5.74, 6) is -0.416. The molecule has 1 atom stereocenters. The van der Waals surface area contributed by atoms with Crippen LogP contribution < -0.4 is 10.7 Å². The number of hydrogen-bond donors (Lipinski definition) is 2. The summed E-state index contributed by atoms with van der Waals surface area (Å²) in [7, 11) is 0. The molecule has 8 nitrogen and oxygen atoms in total. The van der Waals surface area contributed by atoms with Crippen LogP contribution in [0.5, 0.6) is 0 Å². The van der Waals surface area contributed by atoms with E-state index in [9.17, 15) is 14.4 Å². The molecule has 2 fully saturated rings. The topological polar surface area (TPSA) is 85.0 Å². The van der Waals surface area contributed by atoms with Crippen LogP contribution in [0.15, 0.2) is 84.9 Å². The fourth-order valence-corrected chi connectivity index (χ4v) is 5.29. The van der Waals surface area contributed by atoms with Crippen molar-refractivity contribution in [2.45, 2.75) is 19.3 Å². The van der Waals surface area contributed by atoms with Gasteiger partial charge in [-0.15, -0.1) is 0 Å². The van der Waals surface area contributed by atoms with Crippen LogP contribution >= 0.6 is 0 Å².